The van der Waals surface area contributed by atoms with Gasteiger partial charge in [0.2, 0.25) is 0 Å². The summed E-state index contributed by atoms with van der Waals surface area (Å²) < 4.78 is 21.0. The molecule has 2 aliphatic heterocycles. The summed E-state index contributed by atoms with van der Waals surface area (Å²) >= 11 is 0. The second-order valence-corrected chi connectivity index (χ2v) is 6.64. The van der Waals surface area contributed by atoms with Gasteiger partial charge in [0.1, 0.15) is 23.8 Å². The first kappa shape index (κ1) is 18.1. The summed E-state index contributed by atoms with van der Waals surface area (Å²) in [5, 5.41) is 6.98. The van der Waals surface area contributed by atoms with E-state index in [2.05, 4.69) is 25.3 Å². The van der Waals surface area contributed by atoms with E-state index in [1.54, 1.807) is 17.6 Å². The van der Waals surface area contributed by atoms with Crippen LogP contribution in [0.5, 0.6) is 0 Å². The van der Waals surface area contributed by atoms with Crippen LogP contribution in [0.1, 0.15) is 30.1 Å². The second kappa shape index (κ2) is 7.79. The number of aliphatic imine (C=N–C) groups is 1. The molecule has 4 rings (SSSR count). The molecule has 1 amide bonds. The Labute approximate surface area is 161 Å². The van der Waals surface area contributed by atoms with Gasteiger partial charge in [0.05, 0.1) is 18.9 Å². The highest BCUT2D eigenvalue weighted by atomic mass is 19.1. The molecule has 2 aliphatic rings. The number of fused-ring (bicyclic) bond motifs is 3. The molecule has 4 heterocycles. The molecule has 1 fully saturated rings. The summed E-state index contributed by atoms with van der Waals surface area (Å²) in [6.45, 7) is 2.95. The highest BCUT2D eigenvalue weighted by molar-refractivity contribution is 5.99. The summed E-state index contributed by atoms with van der Waals surface area (Å²) in [6.07, 6.45) is 9.53. The number of nitrogens with one attached hydrogen (secondary N) is 1. The van der Waals surface area contributed by atoms with Gasteiger partial charge < -0.3 is 15.0 Å². The number of hydrogen-bond acceptors (Lipinski definition) is 6. The van der Waals surface area contributed by atoms with Gasteiger partial charge in [0.15, 0.2) is 11.5 Å². The zero-order valence-corrected chi connectivity index (χ0v) is 15.5. The Balaban J connectivity index is 1.73. The molecule has 1 atom stereocenters. The average Bonchev–Trinajstić information content (AvgIpc) is 3.33. The number of rotatable bonds is 0. The molecule has 0 aromatic carbocycles. The average molecular weight is 384 g/mol. The number of anilines is 1. The van der Waals surface area contributed by atoms with E-state index in [-0.39, 0.29) is 25.1 Å². The Kier molecular flexibility index (Phi) is 5.05. The molecule has 0 saturated carbocycles. The van der Waals surface area contributed by atoms with E-state index in [0.29, 0.717) is 17.1 Å². The first-order chi connectivity index (χ1) is 13.6. The third kappa shape index (κ3) is 3.73. The van der Waals surface area contributed by atoms with E-state index in [9.17, 15) is 9.18 Å². The summed E-state index contributed by atoms with van der Waals surface area (Å²) in [7, 11) is 0. The predicted molar refractivity (Wildman–Crippen MR) is 103 cm³/mol. The number of amides is 1. The zero-order chi connectivity index (χ0) is 19.5. The van der Waals surface area contributed by atoms with Gasteiger partial charge in [-0.05, 0) is 25.0 Å². The van der Waals surface area contributed by atoms with E-state index in [1.165, 1.54) is 12.3 Å². The minimum Gasteiger partial charge on any atom is -0.479 e. The number of ether oxygens (including phenoxy) is 1. The lowest BCUT2D eigenvalue weighted by Gasteiger charge is -2.23. The molecule has 2 bridgehead atoms. The summed E-state index contributed by atoms with van der Waals surface area (Å²) in [5.74, 6) is 0.339. The van der Waals surface area contributed by atoms with Crippen LogP contribution in [0.25, 0.3) is 5.65 Å². The molecule has 28 heavy (non-hydrogen) atoms. The molecule has 2 aromatic heterocycles. The Hall–Kier alpha value is -3.23. The Morgan fingerprint density at radius 2 is 2.29 bits per heavy atom. The lowest BCUT2D eigenvalue weighted by atomic mass is 10.2. The number of allylic oxidation sites excluding steroid dienone is 2. The summed E-state index contributed by atoms with van der Waals surface area (Å²) in [4.78, 5) is 23.2. The van der Waals surface area contributed by atoms with Crippen molar-refractivity contribution in [3.63, 3.8) is 0 Å². The molecule has 146 valence electrons. The molecule has 0 radical (unpaired) electrons. The maximum absolute atomic E-state index is 14.1. The van der Waals surface area contributed by atoms with Gasteiger partial charge in [-0.3, -0.25) is 4.79 Å². The predicted octanol–water partition coefficient (Wildman–Crippen LogP) is 2.24. The van der Waals surface area contributed by atoms with Crippen molar-refractivity contribution >= 4 is 23.3 Å². The zero-order valence-electron chi connectivity index (χ0n) is 15.5. The molecule has 1 unspecified atom stereocenters. The van der Waals surface area contributed by atoms with Crippen molar-refractivity contribution in [1.82, 2.24) is 19.9 Å². The van der Waals surface area contributed by atoms with Gasteiger partial charge >= 0.3 is 0 Å². The highest BCUT2D eigenvalue weighted by Crippen LogP contribution is 2.26. The SMILES string of the molecule is CC1=N/C=C(F)\C=C\C2CCCN2c2ccn3ncc(c3n2)C(=O)NCCO1. The van der Waals surface area contributed by atoms with Crippen LogP contribution in [0, 0.1) is 0 Å². The maximum Gasteiger partial charge on any atom is 0.256 e. The van der Waals surface area contributed by atoms with Gasteiger partial charge in [-0.2, -0.15) is 5.10 Å². The van der Waals surface area contributed by atoms with Crippen LogP contribution in [0.3, 0.4) is 0 Å². The van der Waals surface area contributed by atoms with Gasteiger partial charge in [-0.25, -0.2) is 18.9 Å². The summed E-state index contributed by atoms with van der Waals surface area (Å²) in [5.41, 5.74) is 0.884. The number of nitrogens with zero attached hydrogens (tertiary/aromatic N) is 5. The molecule has 8 nitrogen and oxygen atoms in total. The molecule has 0 aliphatic carbocycles. The fourth-order valence-corrected chi connectivity index (χ4v) is 3.35. The van der Waals surface area contributed by atoms with Gasteiger partial charge in [0, 0.05) is 25.7 Å². The Morgan fingerprint density at radius 3 is 3.18 bits per heavy atom. The molecule has 9 heteroatoms. The summed E-state index contributed by atoms with van der Waals surface area (Å²) in [6, 6.07) is 1.88. The van der Waals surface area contributed by atoms with Crippen molar-refractivity contribution in [3.8, 4) is 0 Å². The molecule has 2 aromatic rings. The third-order valence-electron chi connectivity index (χ3n) is 4.74. The molecular weight excluding hydrogens is 363 g/mol. The smallest absolute Gasteiger partial charge is 0.256 e. The lowest BCUT2D eigenvalue weighted by Crippen LogP contribution is -2.29. The molecule has 1 N–H and O–H groups in total. The monoisotopic (exact) mass is 384 g/mol. The topological polar surface area (TPSA) is 84.1 Å². The van der Waals surface area contributed by atoms with E-state index >= 15 is 0 Å². The van der Waals surface area contributed by atoms with Crippen molar-refractivity contribution in [3.05, 3.63) is 48.2 Å². The van der Waals surface area contributed by atoms with Crippen LogP contribution in [-0.4, -0.2) is 52.1 Å². The van der Waals surface area contributed by atoms with Crippen LogP contribution in [0.4, 0.5) is 10.2 Å². The van der Waals surface area contributed by atoms with Crippen molar-refractivity contribution in [2.75, 3.05) is 24.6 Å². The van der Waals surface area contributed by atoms with Crippen molar-refractivity contribution in [1.29, 1.82) is 0 Å². The second-order valence-electron chi connectivity index (χ2n) is 6.64. The number of aromatic nitrogens is 3. The quantitative estimate of drug-likeness (QED) is 0.753. The first-order valence-corrected chi connectivity index (χ1v) is 9.22. The largest absolute Gasteiger partial charge is 0.479 e. The van der Waals surface area contributed by atoms with Crippen LogP contribution in [-0.2, 0) is 4.74 Å². The van der Waals surface area contributed by atoms with E-state index in [0.717, 1.165) is 31.4 Å². The minimum atomic E-state index is -0.450. The maximum atomic E-state index is 14.1. The van der Waals surface area contributed by atoms with Crippen molar-refractivity contribution in [2.45, 2.75) is 25.8 Å². The van der Waals surface area contributed by atoms with Crippen molar-refractivity contribution < 1.29 is 13.9 Å². The van der Waals surface area contributed by atoms with E-state index in [1.807, 2.05) is 12.1 Å². The van der Waals surface area contributed by atoms with Gasteiger partial charge in [0.25, 0.3) is 5.91 Å². The number of carbonyl (C=O) groups excluding carboxylic acids is 1. The van der Waals surface area contributed by atoms with Crippen LogP contribution in [0.15, 0.2) is 47.6 Å². The standard InChI is InChI=1S/C19H21FN6O2/c1-13-22-11-14(20)4-5-15-3-2-8-25(15)17-6-9-26-18(24-17)16(12-23-26)19(27)21-7-10-28-13/h4-6,9,11-12,15H,2-3,7-8,10H2,1H3,(H,21,27)/b5-4+,14-11+,22-13?. The normalized spacial score (nSPS) is 24.0. The Bertz CT molecular complexity index is 980. The molecular formula is C19H21FN6O2. The number of hydrogen-bond donors (Lipinski definition) is 1. The van der Waals surface area contributed by atoms with Crippen molar-refractivity contribution in [2.24, 2.45) is 4.99 Å². The van der Waals surface area contributed by atoms with Crippen LogP contribution in [0.2, 0.25) is 0 Å². The van der Waals surface area contributed by atoms with Gasteiger partial charge in [-0.1, -0.05) is 6.08 Å². The molecule has 0 spiro atoms. The lowest BCUT2D eigenvalue weighted by molar-refractivity contribution is 0.0947. The third-order valence-corrected chi connectivity index (χ3v) is 4.74. The van der Waals surface area contributed by atoms with E-state index in [4.69, 9.17) is 4.74 Å². The van der Waals surface area contributed by atoms with E-state index < -0.39 is 5.83 Å². The molecule has 1 saturated heterocycles. The first-order valence-electron chi connectivity index (χ1n) is 9.22. The van der Waals surface area contributed by atoms with Crippen LogP contribution >= 0.6 is 0 Å². The number of halogens is 1. The highest BCUT2D eigenvalue weighted by Gasteiger charge is 2.25. The fourth-order valence-electron chi connectivity index (χ4n) is 3.35. The Morgan fingerprint density at radius 1 is 1.39 bits per heavy atom. The van der Waals surface area contributed by atoms with Crippen LogP contribution < -0.4 is 10.2 Å². The minimum absolute atomic E-state index is 0.0197. The van der Waals surface area contributed by atoms with Gasteiger partial charge in [-0.15, -0.1) is 0 Å². The fraction of sp³-hybridized carbons (Fsp3) is 0.368. The number of carbonyl (C=O) groups is 1.